The highest BCUT2D eigenvalue weighted by Crippen LogP contribution is 2.25. The van der Waals surface area contributed by atoms with E-state index in [0.717, 1.165) is 5.52 Å². The van der Waals surface area contributed by atoms with E-state index in [9.17, 15) is 24.6 Å². The van der Waals surface area contributed by atoms with Gasteiger partial charge in [-0.15, -0.1) is 0 Å². The van der Waals surface area contributed by atoms with Crippen molar-refractivity contribution in [3.8, 4) is 11.5 Å². The maximum atomic E-state index is 12.7. The van der Waals surface area contributed by atoms with Crippen molar-refractivity contribution in [2.75, 3.05) is 7.11 Å². The molecule has 0 saturated carbocycles. The number of carbonyl (C=O) groups is 2. The molecule has 33 heavy (non-hydrogen) atoms. The van der Waals surface area contributed by atoms with Crippen molar-refractivity contribution in [2.45, 2.75) is 25.8 Å². The number of aryl methyl sites for hydroxylation is 1. The zero-order chi connectivity index (χ0) is 23.7. The van der Waals surface area contributed by atoms with Crippen molar-refractivity contribution in [1.29, 1.82) is 0 Å². The number of aliphatic carboxylic acids is 1. The number of amides is 1. The lowest BCUT2D eigenvalue weighted by molar-refractivity contribution is -0.141. The number of carbonyl (C=O) groups excluding carboxylic acids is 1. The average molecular weight is 450 g/mol. The maximum absolute atomic E-state index is 12.7. The summed E-state index contributed by atoms with van der Waals surface area (Å²) in [5.41, 5.74) is 1.78. The normalized spacial score (nSPS) is 12.1. The van der Waals surface area contributed by atoms with Crippen LogP contribution in [0.3, 0.4) is 0 Å². The molecule has 0 bridgehead atoms. The Hall–Kier alpha value is -4.27. The van der Waals surface area contributed by atoms with Crippen molar-refractivity contribution < 1.29 is 29.0 Å². The second-order valence-corrected chi connectivity index (χ2v) is 7.74. The van der Waals surface area contributed by atoms with Gasteiger partial charge >= 0.3 is 11.6 Å². The second kappa shape index (κ2) is 8.70. The molecule has 0 fully saturated rings. The van der Waals surface area contributed by atoms with Crippen LogP contribution in [0.5, 0.6) is 11.5 Å². The summed E-state index contributed by atoms with van der Waals surface area (Å²) in [6.45, 7) is 1.71. The van der Waals surface area contributed by atoms with E-state index in [2.05, 4.69) is 10.3 Å². The summed E-state index contributed by atoms with van der Waals surface area (Å²) in [5.74, 6) is -1.25. The molecular weight excluding hydrogens is 428 g/mol. The van der Waals surface area contributed by atoms with E-state index < -0.39 is 23.5 Å². The van der Waals surface area contributed by atoms with Crippen LogP contribution >= 0.6 is 0 Å². The molecule has 0 aliphatic heterocycles. The van der Waals surface area contributed by atoms with Crippen LogP contribution in [0.1, 0.15) is 16.7 Å². The molecule has 9 heteroatoms. The fourth-order valence-corrected chi connectivity index (χ4v) is 3.87. The molecule has 0 saturated heterocycles. The summed E-state index contributed by atoms with van der Waals surface area (Å²) in [6.07, 6.45) is 1.31. The van der Waals surface area contributed by atoms with Gasteiger partial charge in [0.05, 0.1) is 19.1 Å². The molecule has 2 heterocycles. The van der Waals surface area contributed by atoms with Gasteiger partial charge in [0.1, 0.15) is 23.1 Å². The minimum Gasteiger partial charge on any atom is -0.508 e. The van der Waals surface area contributed by atoms with E-state index in [4.69, 9.17) is 9.15 Å². The molecule has 1 atom stereocenters. The van der Waals surface area contributed by atoms with Gasteiger partial charge < -0.3 is 29.7 Å². The number of H-pyrrole nitrogens is 1. The van der Waals surface area contributed by atoms with Gasteiger partial charge in [-0.1, -0.05) is 0 Å². The molecule has 1 unspecified atom stereocenters. The van der Waals surface area contributed by atoms with E-state index in [-0.39, 0.29) is 24.2 Å². The first-order valence-electron chi connectivity index (χ1n) is 10.2. The smallest absolute Gasteiger partial charge is 0.340 e. The van der Waals surface area contributed by atoms with Gasteiger partial charge in [0.25, 0.3) is 0 Å². The molecule has 1 amide bonds. The maximum Gasteiger partial charge on any atom is 0.340 e. The van der Waals surface area contributed by atoms with Crippen LogP contribution in [0.4, 0.5) is 0 Å². The number of phenols is 1. The van der Waals surface area contributed by atoms with Crippen LogP contribution in [0, 0.1) is 6.92 Å². The summed E-state index contributed by atoms with van der Waals surface area (Å²) in [4.78, 5) is 40.0. The molecule has 0 aliphatic rings. The predicted molar refractivity (Wildman–Crippen MR) is 121 cm³/mol. The van der Waals surface area contributed by atoms with Crippen molar-refractivity contribution in [2.24, 2.45) is 0 Å². The number of aromatic amines is 1. The fourth-order valence-electron chi connectivity index (χ4n) is 3.87. The first kappa shape index (κ1) is 21.9. The first-order valence-corrected chi connectivity index (χ1v) is 10.2. The van der Waals surface area contributed by atoms with Crippen molar-refractivity contribution in [3.63, 3.8) is 0 Å². The van der Waals surface area contributed by atoms with Gasteiger partial charge in [-0.2, -0.15) is 0 Å². The minimum absolute atomic E-state index is 0.00433. The van der Waals surface area contributed by atoms with Gasteiger partial charge in [-0.05, 0) is 48.4 Å². The Bertz CT molecular complexity index is 1430. The second-order valence-electron chi connectivity index (χ2n) is 7.74. The number of nitrogens with one attached hydrogen (secondary N) is 2. The Morgan fingerprint density at radius 2 is 1.97 bits per heavy atom. The molecule has 4 aromatic rings. The number of methoxy groups -OCH3 is 1. The van der Waals surface area contributed by atoms with E-state index in [1.807, 2.05) is 0 Å². The molecule has 0 spiro atoms. The number of fused-ring (bicyclic) bond motifs is 2. The number of phenolic OH excluding ortho intramolecular Hbond substituents is 1. The van der Waals surface area contributed by atoms with Gasteiger partial charge in [0.2, 0.25) is 5.91 Å². The Morgan fingerprint density at radius 1 is 1.18 bits per heavy atom. The molecule has 0 radical (unpaired) electrons. The highest BCUT2D eigenvalue weighted by atomic mass is 16.5. The summed E-state index contributed by atoms with van der Waals surface area (Å²) in [7, 11) is 1.50. The number of carboxylic acid groups (broad SMARTS) is 1. The van der Waals surface area contributed by atoms with Crippen LogP contribution < -0.4 is 15.7 Å². The summed E-state index contributed by atoms with van der Waals surface area (Å²) < 4.78 is 10.5. The number of ether oxygens (including phenoxy) is 1. The van der Waals surface area contributed by atoms with Gasteiger partial charge in [-0.25, -0.2) is 9.59 Å². The quantitative estimate of drug-likeness (QED) is 0.317. The Labute approximate surface area is 187 Å². The van der Waals surface area contributed by atoms with E-state index in [0.29, 0.717) is 33.2 Å². The molecule has 170 valence electrons. The monoisotopic (exact) mass is 450 g/mol. The number of aromatic nitrogens is 1. The predicted octanol–water partition coefficient (Wildman–Crippen LogP) is 2.65. The van der Waals surface area contributed by atoms with Crippen molar-refractivity contribution >= 4 is 33.7 Å². The third kappa shape index (κ3) is 4.38. The molecular formula is C24H22N2O7. The van der Waals surface area contributed by atoms with Crippen LogP contribution in [0.25, 0.3) is 21.9 Å². The van der Waals surface area contributed by atoms with E-state index in [1.165, 1.54) is 19.2 Å². The molecule has 0 aliphatic carbocycles. The number of aromatic hydroxyl groups is 1. The van der Waals surface area contributed by atoms with E-state index in [1.54, 1.807) is 37.4 Å². The lowest BCUT2D eigenvalue weighted by Gasteiger charge is -2.15. The van der Waals surface area contributed by atoms with Crippen LogP contribution in [0.15, 0.2) is 51.8 Å². The largest absolute Gasteiger partial charge is 0.508 e. The fraction of sp³-hybridized carbons (Fsp3) is 0.208. The number of hydrogen-bond acceptors (Lipinski definition) is 6. The van der Waals surface area contributed by atoms with Gasteiger partial charge in [0, 0.05) is 35.0 Å². The number of hydrogen-bond donors (Lipinski definition) is 4. The lowest BCUT2D eigenvalue weighted by atomic mass is 10.0. The minimum atomic E-state index is -1.23. The molecule has 9 nitrogen and oxygen atoms in total. The Kier molecular flexibility index (Phi) is 5.78. The third-order valence-electron chi connectivity index (χ3n) is 5.64. The SMILES string of the molecule is COc1ccc2c(C)c(CC(=O)NC(Cc3c[nH]c4ccc(O)cc34)C(=O)O)c(=O)oc2c1. The van der Waals surface area contributed by atoms with Crippen LogP contribution in [0.2, 0.25) is 0 Å². The molecule has 4 N–H and O–H groups in total. The highest BCUT2D eigenvalue weighted by molar-refractivity contribution is 5.89. The summed E-state index contributed by atoms with van der Waals surface area (Å²) in [6, 6.07) is 8.55. The third-order valence-corrected chi connectivity index (χ3v) is 5.64. The number of benzene rings is 2. The van der Waals surface area contributed by atoms with Crippen LogP contribution in [-0.4, -0.2) is 40.2 Å². The standard InChI is InChI=1S/C24H22N2O7/c1-12-16-5-4-15(32-2)9-21(16)33-24(31)17(12)10-22(28)26-20(23(29)30)7-13-11-25-19-6-3-14(27)8-18(13)19/h3-6,8-9,11,20,25,27H,7,10H2,1-2H3,(H,26,28)(H,29,30). The average Bonchev–Trinajstić information content (AvgIpc) is 3.17. The zero-order valence-corrected chi connectivity index (χ0v) is 18.0. The van der Waals surface area contributed by atoms with Crippen LogP contribution in [-0.2, 0) is 22.4 Å². The highest BCUT2D eigenvalue weighted by Gasteiger charge is 2.24. The Morgan fingerprint density at radius 3 is 2.70 bits per heavy atom. The number of rotatable bonds is 7. The van der Waals surface area contributed by atoms with Crippen molar-refractivity contribution in [1.82, 2.24) is 10.3 Å². The topological polar surface area (TPSA) is 142 Å². The number of carboxylic acids is 1. The lowest BCUT2D eigenvalue weighted by Crippen LogP contribution is -2.43. The molecule has 2 aromatic heterocycles. The van der Waals surface area contributed by atoms with E-state index >= 15 is 0 Å². The molecule has 4 rings (SSSR count). The van der Waals surface area contributed by atoms with Gasteiger partial charge in [0.15, 0.2) is 0 Å². The van der Waals surface area contributed by atoms with Crippen molar-refractivity contribution in [3.05, 3.63) is 69.7 Å². The zero-order valence-electron chi connectivity index (χ0n) is 18.0. The first-order chi connectivity index (χ1) is 15.8. The molecule has 2 aromatic carbocycles. The summed E-state index contributed by atoms with van der Waals surface area (Å²) >= 11 is 0. The summed E-state index contributed by atoms with van der Waals surface area (Å²) in [5, 5.41) is 23.2. The Balaban J connectivity index is 1.56. The van der Waals surface area contributed by atoms with Gasteiger partial charge in [-0.3, -0.25) is 4.79 Å².